The summed E-state index contributed by atoms with van der Waals surface area (Å²) in [4.78, 5) is 18.5. The molecule has 34 heavy (non-hydrogen) atoms. The van der Waals surface area contributed by atoms with Crippen molar-refractivity contribution in [1.82, 2.24) is 15.3 Å². The van der Waals surface area contributed by atoms with Gasteiger partial charge in [0.2, 0.25) is 5.91 Å². The van der Waals surface area contributed by atoms with Crippen molar-refractivity contribution >= 4 is 23.2 Å². The average Bonchev–Trinajstić information content (AvgIpc) is 3.33. The molecule has 0 saturated carbocycles. The lowest BCUT2D eigenvalue weighted by Crippen LogP contribution is -2.31. The highest BCUT2D eigenvalue weighted by Crippen LogP contribution is 2.35. The summed E-state index contributed by atoms with van der Waals surface area (Å²) in [5, 5.41) is 6.85. The van der Waals surface area contributed by atoms with Crippen LogP contribution in [-0.2, 0) is 4.79 Å². The number of hydrogen-bond acceptors (Lipinski definition) is 3. The number of anilines is 1. The number of rotatable bonds is 6. The van der Waals surface area contributed by atoms with Crippen molar-refractivity contribution in [3.63, 3.8) is 0 Å². The molecule has 5 nitrogen and oxygen atoms in total. The molecule has 0 unspecified atom stereocenters. The molecule has 0 bridgehead atoms. The van der Waals surface area contributed by atoms with E-state index in [0.717, 1.165) is 24.1 Å². The van der Waals surface area contributed by atoms with Crippen molar-refractivity contribution in [3.05, 3.63) is 107 Å². The number of carbonyl (C=O) groups is 1. The lowest BCUT2D eigenvalue weighted by atomic mass is 9.77. The van der Waals surface area contributed by atoms with Gasteiger partial charge in [-0.15, -0.1) is 0 Å². The maximum atomic E-state index is 12.1. The van der Waals surface area contributed by atoms with Crippen LogP contribution in [0.2, 0.25) is 5.02 Å². The fourth-order valence-corrected chi connectivity index (χ4v) is 3.68. The number of nitrogens with one attached hydrogen (secondary N) is 3. The first kappa shape index (κ1) is 26.9. The maximum absolute atomic E-state index is 12.1. The summed E-state index contributed by atoms with van der Waals surface area (Å²) < 4.78 is 0. The zero-order valence-corrected chi connectivity index (χ0v) is 21.4. The highest BCUT2D eigenvalue weighted by atomic mass is 35.5. The lowest BCUT2D eigenvalue weighted by Gasteiger charge is -2.33. The third-order valence-electron chi connectivity index (χ3n) is 5.36. The number of amides is 1. The van der Waals surface area contributed by atoms with Crippen molar-refractivity contribution in [1.29, 1.82) is 0 Å². The predicted molar refractivity (Wildman–Crippen MR) is 144 cm³/mol. The number of H-pyrrole nitrogens is 1. The second-order valence-electron chi connectivity index (χ2n) is 8.85. The highest BCUT2D eigenvalue weighted by molar-refractivity contribution is 6.30. The molecule has 0 fully saturated rings. The summed E-state index contributed by atoms with van der Waals surface area (Å²) in [6.07, 6.45) is 18.1. The Morgan fingerprint density at radius 2 is 2.00 bits per heavy atom. The molecule has 1 aromatic carbocycles. The fourth-order valence-electron chi connectivity index (χ4n) is 3.49. The van der Waals surface area contributed by atoms with Gasteiger partial charge < -0.3 is 15.6 Å². The number of carbonyl (C=O) groups excluding carboxylic acids is 1. The molecule has 180 valence electrons. The van der Waals surface area contributed by atoms with Crippen LogP contribution in [-0.4, -0.2) is 22.4 Å². The standard InChI is InChI=1S/C25H31ClN2O.C3H4N2/c1-18(12-13-23-20(3)27-15-14-25(23,4)5)8-6-9-19(2)16-24(29)28-22-11-7-10-21(26)17-22;1-2-5-3-4-1/h6-13,16-17,27H,14-15H2,1-5H3,(H,28,29);1-3H,(H,4,5)/b9-6+,13-12+,18-8+,19-16+;. The quantitative estimate of drug-likeness (QED) is 0.309. The van der Waals surface area contributed by atoms with Crippen molar-refractivity contribution in [2.75, 3.05) is 11.9 Å². The van der Waals surface area contributed by atoms with Crippen LogP contribution < -0.4 is 10.6 Å². The maximum Gasteiger partial charge on any atom is 0.248 e. The molecular weight excluding hydrogens is 444 g/mol. The van der Waals surface area contributed by atoms with Crippen LogP contribution in [0.15, 0.2) is 102 Å². The first-order chi connectivity index (χ1) is 16.2. The molecule has 1 aliphatic heterocycles. The van der Waals surface area contributed by atoms with Gasteiger partial charge in [-0.1, -0.05) is 67.5 Å². The van der Waals surface area contributed by atoms with Gasteiger partial charge in [0.1, 0.15) is 0 Å². The van der Waals surface area contributed by atoms with E-state index in [2.05, 4.69) is 60.4 Å². The molecule has 1 amide bonds. The van der Waals surface area contributed by atoms with E-state index in [0.29, 0.717) is 10.7 Å². The summed E-state index contributed by atoms with van der Waals surface area (Å²) in [7, 11) is 0. The summed E-state index contributed by atoms with van der Waals surface area (Å²) >= 11 is 5.93. The molecule has 3 N–H and O–H groups in total. The van der Waals surface area contributed by atoms with Gasteiger partial charge in [0.15, 0.2) is 0 Å². The molecule has 2 heterocycles. The van der Waals surface area contributed by atoms with Crippen molar-refractivity contribution in [2.45, 2.75) is 41.0 Å². The molecule has 6 heteroatoms. The van der Waals surface area contributed by atoms with Gasteiger partial charge in [-0.05, 0) is 62.0 Å². The van der Waals surface area contributed by atoms with Crippen molar-refractivity contribution < 1.29 is 4.79 Å². The SMILES string of the molecule is CC1=C(/C=C/C(C)=C/C=C/C(C)=C/C(=O)Nc2cccc(Cl)c2)C(C)(C)CCN1.c1c[nH]cn1. The molecular formula is C28H35ClN4O. The van der Waals surface area contributed by atoms with Crippen LogP contribution in [0.25, 0.3) is 0 Å². The molecule has 1 aromatic heterocycles. The van der Waals surface area contributed by atoms with E-state index in [-0.39, 0.29) is 11.3 Å². The number of imidazole rings is 1. The lowest BCUT2D eigenvalue weighted by molar-refractivity contribution is -0.111. The van der Waals surface area contributed by atoms with Crippen molar-refractivity contribution in [3.8, 4) is 0 Å². The summed E-state index contributed by atoms with van der Waals surface area (Å²) in [5.74, 6) is -0.176. The molecule has 0 spiro atoms. The molecule has 0 aliphatic carbocycles. The Hall–Kier alpha value is -3.31. The van der Waals surface area contributed by atoms with Gasteiger partial charge in [0, 0.05) is 41.4 Å². The van der Waals surface area contributed by atoms with E-state index < -0.39 is 0 Å². The summed E-state index contributed by atoms with van der Waals surface area (Å²) in [6, 6.07) is 7.10. The monoisotopic (exact) mass is 478 g/mol. The minimum atomic E-state index is -0.176. The Morgan fingerprint density at radius 1 is 1.21 bits per heavy atom. The molecule has 0 saturated heterocycles. The Bertz CT molecular complexity index is 1070. The van der Waals surface area contributed by atoms with Gasteiger partial charge in [0.25, 0.3) is 0 Å². The Morgan fingerprint density at radius 3 is 2.62 bits per heavy atom. The van der Waals surface area contributed by atoms with E-state index >= 15 is 0 Å². The molecule has 0 atom stereocenters. The van der Waals surface area contributed by atoms with Gasteiger partial charge in [-0.2, -0.15) is 0 Å². The Labute approximate surface area is 208 Å². The Kier molecular flexibility index (Phi) is 10.6. The largest absolute Gasteiger partial charge is 0.388 e. The first-order valence-corrected chi connectivity index (χ1v) is 11.7. The summed E-state index contributed by atoms with van der Waals surface area (Å²) in [6.45, 7) is 11.7. The van der Waals surface area contributed by atoms with Gasteiger partial charge in [-0.3, -0.25) is 4.79 Å². The third-order valence-corrected chi connectivity index (χ3v) is 5.60. The van der Waals surface area contributed by atoms with Crippen LogP contribution >= 0.6 is 11.6 Å². The zero-order valence-electron chi connectivity index (χ0n) is 20.7. The second-order valence-corrected chi connectivity index (χ2v) is 9.29. The van der Waals surface area contributed by atoms with E-state index in [9.17, 15) is 4.79 Å². The molecule has 3 rings (SSSR count). The minimum absolute atomic E-state index is 0.176. The van der Waals surface area contributed by atoms with E-state index in [1.165, 1.54) is 11.3 Å². The van der Waals surface area contributed by atoms with E-state index in [1.807, 2.05) is 31.2 Å². The molecule has 1 aliphatic rings. The van der Waals surface area contributed by atoms with Crippen LogP contribution in [0, 0.1) is 5.41 Å². The van der Waals surface area contributed by atoms with Crippen LogP contribution in [0.4, 0.5) is 5.69 Å². The number of benzene rings is 1. The number of hydrogen-bond donors (Lipinski definition) is 3. The van der Waals surface area contributed by atoms with Crippen LogP contribution in [0.1, 0.15) is 41.0 Å². The Balaban J connectivity index is 0.000000720. The number of aromatic amines is 1. The third kappa shape index (κ3) is 9.67. The van der Waals surface area contributed by atoms with Gasteiger partial charge in [-0.25, -0.2) is 4.98 Å². The van der Waals surface area contributed by atoms with Crippen LogP contribution in [0.5, 0.6) is 0 Å². The van der Waals surface area contributed by atoms with E-state index in [4.69, 9.17) is 11.6 Å². The number of allylic oxidation sites excluding steroid dienone is 9. The topological polar surface area (TPSA) is 69.8 Å². The number of halogens is 1. The van der Waals surface area contributed by atoms with E-state index in [1.54, 1.807) is 43.0 Å². The normalized spacial score (nSPS) is 16.3. The minimum Gasteiger partial charge on any atom is -0.388 e. The number of nitrogens with zero attached hydrogens (tertiary/aromatic N) is 1. The van der Waals surface area contributed by atoms with Gasteiger partial charge >= 0.3 is 0 Å². The van der Waals surface area contributed by atoms with Crippen LogP contribution in [0.3, 0.4) is 0 Å². The predicted octanol–water partition coefficient (Wildman–Crippen LogP) is 6.99. The smallest absolute Gasteiger partial charge is 0.248 e. The highest BCUT2D eigenvalue weighted by Gasteiger charge is 2.26. The number of aromatic nitrogens is 2. The molecule has 0 radical (unpaired) electrons. The van der Waals surface area contributed by atoms with Crippen molar-refractivity contribution in [2.24, 2.45) is 5.41 Å². The fraction of sp³-hybridized carbons (Fsp3) is 0.286. The average molecular weight is 479 g/mol. The summed E-state index contributed by atoms with van der Waals surface area (Å²) in [5.41, 5.74) is 5.51. The first-order valence-electron chi connectivity index (χ1n) is 11.3. The van der Waals surface area contributed by atoms with Gasteiger partial charge in [0.05, 0.1) is 6.33 Å². The second kappa shape index (κ2) is 13.4. The molecule has 2 aromatic rings. The zero-order chi connectivity index (χ0) is 25.0.